The van der Waals surface area contributed by atoms with E-state index in [0.717, 1.165) is 0 Å². The predicted octanol–water partition coefficient (Wildman–Crippen LogP) is -5.97. The summed E-state index contributed by atoms with van der Waals surface area (Å²) in [5.41, 5.74) is 0. The second kappa shape index (κ2) is 23.2. The average molecular weight is 483 g/mol. The zero-order chi connectivity index (χ0) is 11.4. The van der Waals surface area contributed by atoms with Crippen molar-refractivity contribution in [3.05, 3.63) is 21.6 Å². The Hall–Kier alpha value is 1.14. The molecule has 1 rings (SSSR count). The van der Waals surface area contributed by atoms with Gasteiger partial charge < -0.3 is 46.7 Å². The molecule has 0 aromatic carbocycles. The molecule has 1 aliphatic rings. The van der Waals surface area contributed by atoms with E-state index in [1.165, 1.54) is 12.8 Å². The molecule has 0 fully saturated rings. The van der Waals surface area contributed by atoms with Crippen LogP contribution in [-0.2, 0) is 32.4 Å². The van der Waals surface area contributed by atoms with E-state index >= 15 is 0 Å². The van der Waals surface area contributed by atoms with Crippen LogP contribution in [0, 0.1) is 0 Å². The summed E-state index contributed by atoms with van der Waals surface area (Å²) >= 11 is -0.263. The Morgan fingerprint density at radius 2 is 1.67 bits per heavy atom. The van der Waals surface area contributed by atoms with Crippen molar-refractivity contribution in [2.45, 2.75) is 23.9 Å². The third kappa shape index (κ3) is 19.5. The fraction of sp³-hybridized carbons (Fsp3) is 0.667. The van der Waals surface area contributed by atoms with Crippen molar-refractivity contribution in [2.75, 3.05) is 27.4 Å². The second-order valence-electron chi connectivity index (χ2n) is 3.24. The molecule has 0 spiro atoms. The zero-order valence-corrected chi connectivity index (χ0v) is 17.1. The van der Waals surface area contributed by atoms with Crippen LogP contribution in [0.15, 0.2) is 21.6 Å². The van der Waals surface area contributed by atoms with Crippen LogP contribution in [0.5, 0.6) is 0 Å². The first-order valence-corrected chi connectivity index (χ1v) is 9.76. The molecule has 18 heavy (non-hydrogen) atoms. The number of rotatable bonds is 6. The van der Waals surface area contributed by atoms with Gasteiger partial charge in [-0.15, -0.1) is 0 Å². The van der Waals surface area contributed by atoms with E-state index in [2.05, 4.69) is 34.6 Å². The van der Waals surface area contributed by atoms with Gasteiger partial charge in [-0.25, -0.2) is 0 Å². The van der Waals surface area contributed by atoms with E-state index in [1.807, 2.05) is 0 Å². The Morgan fingerprint density at radius 1 is 1.11 bits per heavy atom. The van der Waals surface area contributed by atoms with Gasteiger partial charge in [0.2, 0.25) is 0 Å². The van der Waals surface area contributed by atoms with E-state index in [9.17, 15) is 0 Å². The molecule has 0 aliphatic heterocycles. The quantitative estimate of drug-likeness (QED) is 0.277. The molecule has 1 aliphatic carbocycles. The van der Waals surface area contributed by atoms with Gasteiger partial charge in [0.1, 0.15) is 0 Å². The molecule has 107 valence electrons. The molecule has 0 bridgehead atoms. The van der Waals surface area contributed by atoms with Crippen molar-refractivity contribution in [1.29, 1.82) is 0 Å². The van der Waals surface area contributed by atoms with Gasteiger partial charge in [0.05, 0.1) is 13.2 Å². The van der Waals surface area contributed by atoms with Gasteiger partial charge >= 0.3 is 68.4 Å². The van der Waals surface area contributed by atoms with Crippen LogP contribution >= 0.6 is 0 Å². The van der Waals surface area contributed by atoms with E-state index in [1.54, 1.807) is 21.7 Å². The Labute approximate surface area is 142 Å². The van der Waals surface area contributed by atoms with E-state index in [0.29, 0.717) is 13.2 Å². The van der Waals surface area contributed by atoms with Gasteiger partial charge in [-0.05, 0) is 0 Å². The van der Waals surface area contributed by atoms with Crippen LogP contribution < -0.4 is 37.2 Å². The topological polar surface area (TPSA) is 18.5 Å². The average Bonchev–Trinajstić information content (AvgIpc) is 2.77. The SMILES string of the molecule is CC[CH2][Hf+3][C]1=CC=CC1.COCCOC.[Cl-].[Cl-].[Cl-]. The zero-order valence-electron chi connectivity index (χ0n) is 11.2. The number of allylic oxidation sites excluding steroid dienone is 4. The molecule has 0 aromatic heterocycles. The molecule has 6 heteroatoms. The molecule has 0 aromatic rings. The molecule has 0 atom stereocenters. The Kier molecular flexibility index (Phi) is 35.5. The number of methoxy groups -OCH3 is 2. The third-order valence-corrected chi connectivity index (χ3v) is 7.52. The standard InChI is InChI=1S/C5H5.C4H10O2.C3H7.3ClH.Hf/c1-2-4-5-3-1;1-5-3-4-6-2;1-3-2;;;;/h1-3H,4H2;3-4H2,1-2H3;1,3H2,2H3;3*1H;/q;;;;;;+3/p-3. The summed E-state index contributed by atoms with van der Waals surface area (Å²) in [6.07, 6.45) is 9.51. The summed E-state index contributed by atoms with van der Waals surface area (Å²) in [6, 6.07) is 0. The molecule has 0 saturated carbocycles. The van der Waals surface area contributed by atoms with Gasteiger partial charge in [0.15, 0.2) is 0 Å². The van der Waals surface area contributed by atoms with Crippen LogP contribution in [0.25, 0.3) is 0 Å². The van der Waals surface area contributed by atoms with E-state index < -0.39 is 0 Å². The minimum absolute atomic E-state index is 0. The summed E-state index contributed by atoms with van der Waals surface area (Å²) in [5, 5.41) is 0. The largest absolute Gasteiger partial charge is 1.00 e. The van der Waals surface area contributed by atoms with Crippen LogP contribution in [0.2, 0.25) is 4.18 Å². The van der Waals surface area contributed by atoms with Crippen LogP contribution in [-0.4, -0.2) is 27.4 Å². The van der Waals surface area contributed by atoms with E-state index in [-0.39, 0.29) is 60.1 Å². The monoisotopic (exact) mass is 483 g/mol. The Bertz CT molecular complexity index is 196. The second-order valence-corrected chi connectivity index (χ2v) is 8.61. The molecule has 0 saturated heterocycles. The van der Waals surface area contributed by atoms with Crippen molar-refractivity contribution in [1.82, 2.24) is 0 Å². The Balaban J connectivity index is -0.0000000992. The predicted molar refractivity (Wildman–Crippen MR) is 60.7 cm³/mol. The Morgan fingerprint density at radius 3 is 2.00 bits per heavy atom. The molecule has 2 nitrogen and oxygen atoms in total. The van der Waals surface area contributed by atoms with Crippen molar-refractivity contribution in [3.63, 3.8) is 0 Å². The number of hydrogen-bond donors (Lipinski definition) is 0. The first kappa shape index (κ1) is 27.5. The molecule has 0 heterocycles. The minimum atomic E-state index is -0.263. The smallest absolute Gasteiger partial charge is 0.0696 e. The fourth-order valence-electron chi connectivity index (χ4n) is 1.03. The first-order chi connectivity index (χ1) is 7.35. The maximum absolute atomic E-state index is 4.66. The van der Waals surface area contributed by atoms with Crippen molar-refractivity contribution >= 4 is 0 Å². The van der Waals surface area contributed by atoms with Crippen LogP contribution in [0.4, 0.5) is 0 Å². The fourth-order valence-corrected chi connectivity index (χ4v) is 4.79. The number of ether oxygens (including phenoxy) is 2. The molecule has 0 unspecified atom stereocenters. The first-order valence-electron chi connectivity index (χ1n) is 5.42. The van der Waals surface area contributed by atoms with Gasteiger partial charge in [0, 0.05) is 14.2 Å². The summed E-state index contributed by atoms with van der Waals surface area (Å²) in [6.45, 7) is 3.67. The van der Waals surface area contributed by atoms with Gasteiger partial charge in [0.25, 0.3) is 0 Å². The summed E-state index contributed by atoms with van der Waals surface area (Å²) in [5.74, 6) is 0. The van der Waals surface area contributed by atoms with Crippen molar-refractivity contribution in [3.8, 4) is 0 Å². The number of halogens is 3. The normalized spacial score (nSPS) is 10.7. The van der Waals surface area contributed by atoms with Crippen LogP contribution in [0.1, 0.15) is 19.8 Å². The number of hydrogen-bond acceptors (Lipinski definition) is 2. The maximum Gasteiger partial charge on any atom is 0.0696 e. The van der Waals surface area contributed by atoms with Crippen LogP contribution in [0.3, 0.4) is 0 Å². The molecular weight excluding hydrogens is 461 g/mol. The summed E-state index contributed by atoms with van der Waals surface area (Å²) in [7, 11) is 3.30. The van der Waals surface area contributed by atoms with Crippen molar-refractivity contribution in [2.24, 2.45) is 0 Å². The third-order valence-electron chi connectivity index (χ3n) is 1.86. The molecule has 0 radical (unpaired) electrons. The van der Waals surface area contributed by atoms with Gasteiger partial charge in [-0.1, -0.05) is 0 Å². The summed E-state index contributed by atoms with van der Waals surface area (Å²) in [4.78, 5) is 0. The molecular formula is C12H22Cl3HfO2. The van der Waals surface area contributed by atoms with E-state index in [4.69, 9.17) is 0 Å². The minimum Gasteiger partial charge on any atom is -1.00 e. The summed E-state index contributed by atoms with van der Waals surface area (Å²) < 4.78 is 12.7. The van der Waals surface area contributed by atoms with Gasteiger partial charge in [-0.3, -0.25) is 0 Å². The van der Waals surface area contributed by atoms with Gasteiger partial charge in [-0.2, -0.15) is 0 Å². The molecule has 0 amide bonds. The maximum atomic E-state index is 4.66. The van der Waals surface area contributed by atoms with Crippen molar-refractivity contribution < 1.29 is 69.6 Å². The molecule has 0 N–H and O–H groups in total.